The van der Waals surface area contributed by atoms with Gasteiger partial charge in [-0.1, -0.05) is 80.1 Å². The minimum absolute atomic E-state index is 0.362. The molecule has 1 aliphatic heterocycles. The predicted molar refractivity (Wildman–Crippen MR) is 120 cm³/mol. The van der Waals surface area contributed by atoms with Crippen LogP contribution in [0.5, 0.6) is 0 Å². The summed E-state index contributed by atoms with van der Waals surface area (Å²) in [5.74, 6) is 1.25. The highest BCUT2D eigenvalue weighted by Gasteiger charge is 2.16. The van der Waals surface area contributed by atoms with Gasteiger partial charge in [-0.3, -0.25) is 0 Å². The van der Waals surface area contributed by atoms with Gasteiger partial charge < -0.3 is 9.64 Å². The Morgan fingerprint density at radius 2 is 1.93 bits per heavy atom. The Morgan fingerprint density at radius 1 is 1.15 bits per heavy atom. The molecule has 0 saturated carbocycles. The van der Waals surface area contributed by atoms with Crippen LogP contribution in [0.4, 0.5) is 0 Å². The van der Waals surface area contributed by atoms with Crippen molar-refractivity contribution in [1.82, 2.24) is 4.90 Å². The highest BCUT2D eigenvalue weighted by atomic mass is 16.5. The molecule has 0 radical (unpaired) electrons. The first kappa shape index (κ1) is 22.7. The molecule has 27 heavy (non-hydrogen) atoms. The molecule has 2 rings (SSSR count). The number of methoxy groups -OCH3 is 1. The van der Waals surface area contributed by atoms with Crippen LogP contribution in [0, 0.1) is 0 Å². The van der Waals surface area contributed by atoms with E-state index < -0.39 is 0 Å². The molecule has 0 aromatic heterocycles. The molecule has 0 N–H and O–H groups in total. The highest BCUT2D eigenvalue weighted by Crippen LogP contribution is 2.27. The molecule has 1 heterocycles. The van der Waals surface area contributed by atoms with Gasteiger partial charge in [-0.2, -0.15) is 0 Å². The van der Waals surface area contributed by atoms with E-state index in [1.165, 1.54) is 16.7 Å². The lowest BCUT2D eigenvalue weighted by atomic mass is 9.89. The quantitative estimate of drug-likeness (QED) is 0.575. The first-order valence-electron chi connectivity index (χ1n) is 9.81. The fourth-order valence-electron chi connectivity index (χ4n) is 2.93. The zero-order valence-corrected chi connectivity index (χ0v) is 17.8. The smallest absolute Gasteiger partial charge is 0.118 e. The van der Waals surface area contributed by atoms with E-state index in [4.69, 9.17) is 4.74 Å². The Hall–Kier alpha value is -2.32. The molecule has 1 unspecified atom stereocenters. The standard InChI is InChI=1S/C23H29NO.C2H6/c1-5-6-7-10-20-11-8-12-21(17-20)23-18-24(3)16-9-13-22(25-4)15-14-19(23)2;1-2/h5-15,17,23H,16,18H2,1-4H3;1-2H3/b6-5-,10-7-,13-9+,19-14+,22-15+;. The Labute approximate surface area is 166 Å². The van der Waals surface area contributed by atoms with Gasteiger partial charge in [0.25, 0.3) is 0 Å². The number of benzene rings is 1. The fourth-order valence-corrected chi connectivity index (χ4v) is 2.93. The summed E-state index contributed by atoms with van der Waals surface area (Å²) in [4.78, 5) is 2.35. The van der Waals surface area contributed by atoms with E-state index in [2.05, 4.69) is 79.6 Å². The molecule has 0 fully saturated rings. The van der Waals surface area contributed by atoms with Crippen molar-refractivity contribution in [3.05, 3.63) is 89.3 Å². The Kier molecular flexibility index (Phi) is 10.9. The van der Waals surface area contributed by atoms with E-state index in [1.807, 2.05) is 32.9 Å². The predicted octanol–water partition coefficient (Wildman–Crippen LogP) is 6.36. The molecular formula is C25H35NO. The third-order valence-electron chi connectivity index (χ3n) is 4.39. The third-order valence-corrected chi connectivity index (χ3v) is 4.39. The first-order chi connectivity index (χ1) is 13.1. The fraction of sp³-hybridized carbons (Fsp3) is 0.360. The minimum atomic E-state index is 0.362. The summed E-state index contributed by atoms with van der Waals surface area (Å²) in [5.41, 5.74) is 3.92. The summed E-state index contributed by atoms with van der Waals surface area (Å²) in [7, 11) is 3.88. The molecule has 1 aliphatic rings. The molecule has 1 aromatic carbocycles. The van der Waals surface area contributed by atoms with Crippen molar-refractivity contribution in [2.75, 3.05) is 27.2 Å². The molecule has 2 nitrogen and oxygen atoms in total. The largest absolute Gasteiger partial charge is 0.497 e. The molecule has 0 aliphatic carbocycles. The van der Waals surface area contributed by atoms with Gasteiger partial charge in [0.05, 0.1) is 7.11 Å². The number of nitrogens with zero attached hydrogens (tertiary/aromatic N) is 1. The van der Waals surface area contributed by atoms with Crippen LogP contribution in [0.2, 0.25) is 0 Å². The molecule has 0 bridgehead atoms. The molecule has 1 atom stereocenters. The lowest BCUT2D eigenvalue weighted by Crippen LogP contribution is -2.25. The normalized spacial score (nSPS) is 23.7. The number of likely N-dealkylation sites (N-methyl/N-ethyl adjacent to an activating group) is 1. The number of ether oxygens (including phenoxy) is 1. The Bertz CT molecular complexity index is 707. The summed E-state index contributed by atoms with van der Waals surface area (Å²) < 4.78 is 5.42. The number of rotatable bonds is 4. The van der Waals surface area contributed by atoms with Crippen LogP contribution < -0.4 is 0 Å². The van der Waals surface area contributed by atoms with Gasteiger partial charge >= 0.3 is 0 Å². The van der Waals surface area contributed by atoms with Crippen LogP contribution >= 0.6 is 0 Å². The number of hydrogen-bond donors (Lipinski definition) is 0. The van der Waals surface area contributed by atoms with E-state index >= 15 is 0 Å². The van der Waals surface area contributed by atoms with Crippen molar-refractivity contribution < 1.29 is 4.74 Å². The third kappa shape index (κ3) is 7.84. The van der Waals surface area contributed by atoms with E-state index in [9.17, 15) is 0 Å². The van der Waals surface area contributed by atoms with Crippen LogP contribution in [0.25, 0.3) is 6.08 Å². The summed E-state index contributed by atoms with van der Waals surface area (Å²) in [5, 5.41) is 0. The molecule has 0 amide bonds. The topological polar surface area (TPSA) is 12.5 Å². The van der Waals surface area contributed by atoms with Gasteiger partial charge in [0.15, 0.2) is 0 Å². The van der Waals surface area contributed by atoms with Gasteiger partial charge in [-0.05, 0) is 44.2 Å². The highest BCUT2D eigenvalue weighted by molar-refractivity contribution is 5.53. The van der Waals surface area contributed by atoms with Crippen LogP contribution in [0.3, 0.4) is 0 Å². The van der Waals surface area contributed by atoms with E-state index in [1.54, 1.807) is 7.11 Å². The summed E-state index contributed by atoms with van der Waals surface area (Å²) in [6.07, 6.45) is 16.7. The zero-order valence-electron chi connectivity index (χ0n) is 17.8. The second-order valence-corrected chi connectivity index (χ2v) is 6.42. The Morgan fingerprint density at radius 3 is 2.63 bits per heavy atom. The lowest BCUT2D eigenvalue weighted by Gasteiger charge is -2.25. The average molecular weight is 366 g/mol. The maximum Gasteiger partial charge on any atom is 0.118 e. The molecular weight excluding hydrogens is 330 g/mol. The summed E-state index contributed by atoms with van der Waals surface area (Å²) in [6.45, 7) is 10.1. The zero-order chi connectivity index (χ0) is 20.1. The molecule has 0 saturated heterocycles. The lowest BCUT2D eigenvalue weighted by molar-refractivity contribution is 0.305. The van der Waals surface area contributed by atoms with E-state index in [0.717, 1.165) is 18.8 Å². The molecule has 0 spiro atoms. The summed E-state index contributed by atoms with van der Waals surface area (Å²) >= 11 is 0. The van der Waals surface area contributed by atoms with E-state index in [-0.39, 0.29) is 0 Å². The van der Waals surface area contributed by atoms with Crippen molar-refractivity contribution in [2.24, 2.45) is 0 Å². The molecule has 2 heteroatoms. The molecule has 146 valence electrons. The second kappa shape index (κ2) is 12.9. The van der Waals surface area contributed by atoms with Crippen molar-refractivity contribution in [2.45, 2.75) is 33.6 Å². The summed E-state index contributed by atoms with van der Waals surface area (Å²) in [6, 6.07) is 8.81. The average Bonchev–Trinajstić information content (AvgIpc) is 2.70. The van der Waals surface area contributed by atoms with Gasteiger partial charge in [-0.15, -0.1) is 0 Å². The van der Waals surface area contributed by atoms with Gasteiger partial charge in [-0.25, -0.2) is 0 Å². The van der Waals surface area contributed by atoms with E-state index in [0.29, 0.717) is 5.92 Å². The maximum atomic E-state index is 5.42. The SMILES string of the molecule is C/C=C\C=C/c1cccc(C2CN(C)C/C=C/C(OC)=C\C=C\2C)c1.CC. The van der Waals surface area contributed by atoms with Crippen molar-refractivity contribution in [1.29, 1.82) is 0 Å². The van der Waals surface area contributed by atoms with Crippen molar-refractivity contribution in [3.8, 4) is 0 Å². The van der Waals surface area contributed by atoms with Crippen LogP contribution in [0.1, 0.15) is 44.7 Å². The monoisotopic (exact) mass is 365 g/mol. The number of allylic oxidation sites excluding steroid dienone is 6. The van der Waals surface area contributed by atoms with Crippen molar-refractivity contribution >= 4 is 6.08 Å². The maximum absolute atomic E-state index is 5.42. The van der Waals surface area contributed by atoms with Gasteiger partial charge in [0, 0.05) is 19.0 Å². The van der Waals surface area contributed by atoms with Crippen LogP contribution in [0.15, 0.2) is 78.1 Å². The Balaban J connectivity index is 0.00000176. The first-order valence-corrected chi connectivity index (χ1v) is 9.81. The van der Waals surface area contributed by atoms with Crippen molar-refractivity contribution in [3.63, 3.8) is 0 Å². The number of hydrogen-bond acceptors (Lipinski definition) is 2. The van der Waals surface area contributed by atoms with Gasteiger partial charge in [0.2, 0.25) is 0 Å². The second-order valence-electron chi connectivity index (χ2n) is 6.42. The molecule has 1 aromatic rings. The van der Waals surface area contributed by atoms with Gasteiger partial charge in [0.1, 0.15) is 5.76 Å². The van der Waals surface area contributed by atoms with Crippen LogP contribution in [-0.2, 0) is 4.74 Å². The minimum Gasteiger partial charge on any atom is -0.497 e. The van der Waals surface area contributed by atoms with Crippen LogP contribution in [-0.4, -0.2) is 32.1 Å².